The van der Waals surface area contributed by atoms with Crippen LogP contribution in [0.3, 0.4) is 0 Å². The maximum Gasteiger partial charge on any atom is 0.335 e. The molecule has 2 amide bonds. The molecule has 1 fully saturated rings. The molecule has 0 aliphatic carbocycles. The van der Waals surface area contributed by atoms with E-state index in [2.05, 4.69) is 5.32 Å². The van der Waals surface area contributed by atoms with Crippen molar-refractivity contribution in [2.24, 2.45) is 0 Å². The average molecular weight is 358 g/mol. The van der Waals surface area contributed by atoms with Crippen LogP contribution in [0.4, 0.5) is 5.69 Å². The summed E-state index contributed by atoms with van der Waals surface area (Å²) in [5.41, 5.74) is 0.956. The number of aromatic carboxylic acids is 1. The highest BCUT2D eigenvalue weighted by Gasteiger charge is 2.34. The van der Waals surface area contributed by atoms with Crippen molar-refractivity contribution < 1.29 is 19.5 Å². The lowest BCUT2D eigenvalue weighted by Gasteiger charge is -2.29. The second-order valence-corrected chi connectivity index (χ2v) is 6.04. The van der Waals surface area contributed by atoms with E-state index in [0.29, 0.717) is 0 Å². The van der Waals surface area contributed by atoms with Crippen molar-refractivity contribution in [3.63, 3.8) is 0 Å². The van der Waals surface area contributed by atoms with Crippen molar-refractivity contribution in [3.05, 3.63) is 57.8 Å². The van der Waals surface area contributed by atoms with Crippen molar-refractivity contribution in [1.29, 1.82) is 0 Å². The molecule has 0 atom stereocenters. The normalized spacial score (nSPS) is 16.4. The van der Waals surface area contributed by atoms with Gasteiger partial charge in [0.1, 0.15) is 5.57 Å². The molecule has 2 heterocycles. The Morgan fingerprint density at radius 3 is 2.75 bits per heavy atom. The monoisotopic (exact) mass is 358 g/mol. The van der Waals surface area contributed by atoms with E-state index in [9.17, 15) is 14.4 Å². The number of thiocarbonyl (C=S) groups is 1. The van der Waals surface area contributed by atoms with Crippen LogP contribution < -0.4 is 10.2 Å². The lowest BCUT2D eigenvalue weighted by Crippen LogP contribution is -2.54. The van der Waals surface area contributed by atoms with Gasteiger partial charge in [-0.2, -0.15) is 11.3 Å². The topological polar surface area (TPSA) is 86.7 Å². The largest absolute Gasteiger partial charge is 0.478 e. The quantitative estimate of drug-likeness (QED) is 0.499. The summed E-state index contributed by atoms with van der Waals surface area (Å²) in [6, 6.07) is 7.57. The minimum Gasteiger partial charge on any atom is -0.478 e. The summed E-state index contributed by atoms with van der Waals surface area (Å²) in [5, 5.41) is 15.1. The lowest BCUT2D eigenvalue weighted by molar-refractivity contribution is -0.122. The number of nitrogens with zero attached hydrogens (tertiary/aromatic N) is 1. The zero-order valence-electron chi connectivity index (χ0n) is 12.1. The third-order valence-corrected chi connectivity index (χ3v) is 4.29. The lowest BCUT2D eigenvalue weighted by atomic mass is 10.1. The maximum atomic E-state index is 12.7. The van der Waals surface area contributed by atoms with Crippen LogP contribution in [0.1, 0.15) is 15.9 Å². The van der Waals surface area contributed by atoms with Gasteiger partial charge in [0.25, 0.3) is 11.8 Å². The van der Waals surface area contributed by atoms with Crippen molar-refractivity contribution in [1.82, 2.24) is 5.32 Å². The first-order valence-electron chi connectivity index (χ1n) is 6.74. The first-order valence-corrected chi connectivity index (χ1v) is 8.09. The van der Waals surface area contributed by atoms with Gasteiger partial charge in [-0.05, 0) is 58.9 Å². The van der Waals surface area contributed by atoms with E-state index >= 15 is 0 Å². The molecule has 2 aromatic rings. The van der Waals surface area contributed by atoms with Crippen molar-refractivity contribution >= 4 is 58.2 Å². The minimum atomic E-state index is -1.12. The van der Waals surface area contributed by atoms with Crippen molar-refractivity contribution in [2.45, 2.75) is 0 Å². The molecule has 6 nitrogen and oxygen atoms in total. The fourth-order valence-corrected chi connectivity index (χ4v) is 3.09. The fourth-order valence-electron chi connectivity index (χ4n) is 2.19. The van der Waals surface area contributed by atoms with E-state index in [4.69, 9.17) is 17.3 Å². The Morgan fingerprint density at radius 1 is 1.29 bits per heavy atom. The standard InChI is InChI=1S/C16H10N2O4S2/c19-13-12(6-9-4-5-24-8-9)14(20)18(16(23)17-13)11-3-1-2-10(7-11)15(21)22/h1-8H,(H,21,22)(H,17,19,23). The summed E-state index contributed by atoms with van der Waals surface area (Å²) in [6.07, 6.45) is 1.48. The van der Waals surface area contributed by atoms with Gasteiger partial charge in [0, 0.05) is 0 Å². The highest BCUT2D eigenvalue weighted by atomic mass is 32.1. The second-order valence-electron chi connectivity index (χ2n) is 4.87. The molecule has 24 heavy (non-hydrogen) atoms. The van der Waals surface area contributed by atoms with Gasteiger partial charge in [-0.25, -0.2) is 4.79 Å². The Bertz CT molecular complexity index is 887. The van der Waals surface area contributed by atoms with Gasteiger partial charge in [0.05, 0.1) is 11.3 Å². The number of amides is 2. The molecule has 3 rings (SSSR count). The molecule has 0 saturated carbocycles. The number of benzene rings is 1. The minimum absolute atomic E-state index is 0.0170. The van der Waals surface area contributed by atoms with E-state index in [0.717, 1.165) is 10.5 Å². The summed E-state index contributed by atoms with van der Waals surface area (Å²) >= 11 is 6.51. The zero-order valence-corrected chi connectivity index (χ0v) is 13.7. The summed E-state index contributed by atoms with van der Waals surface area (Å²) in [4.78, 5) is 37.0. The molecule has 1 aromatic heterocycles. The number of carboxylic acid groups (broad SMARTS) is 1. The van der Waals surface area contributed by atoms with Crippen LogP contribution in [0, 0.1) is 0 Å². The predicted molar refractivity (Wildman–Crippen MR) is 93.9 cm³/mol. The van der Waals surface area contributed by atoms with Crippen LogP contribution in [0.15, 0.2) is 46.7 Å². The van der Waals surface area contributed by atoms with Gasteiger partial charge < -0.3 is 5.11 Å². The highest BCUT2D eigenvalue weighted by Crippen LogP contribution is 2.23. The molecule has 2 N–H and O–H groups in total. The summed E-state index contributed by atoms with van der Waals surface area (Å²) in [6.45, 7) is 0. The van der Waals surface area contributed by atoms with E-state index in [1.54, 1.807) is 17.5 Å². The first-order chi connectivity index (χ1) is 11.5. The van der Waals surface area contributed by atoms with Crippen LogP contribution in [-0.4, -0.2) is 28.0 Å². The van der Waals surface area contributed by atoms with Gasteiger partial charge in [-0.15, -0.1) is 0 Å². The Morgan fingerprint density at radius 2 is 2.08 bits per heavy atom. The number of rotatable bonds is 3. The summed E-state index contributed by atoms with van der Waals surface area (Å²) in [5.74, 6) is -2.30. The van der Waals surface area contributed by atoms with Gasteiger partial charge in [0.15, 0.2) is 5.11 Å². The van der Waals surface area contributed by atoms with Crippen LogP contribution in [0.2, 0.25) is 0 Å². The average Bonchev–Trinajstić information content (AvgIpc) is 3.04. The van der Waals surface area contributed by atoms with Crippen molar-refractivity contribution in [3.8, 4) is 0 Å². The summed E-state index contributed by atoms with van der Waals surface area (Å²) < 4.78 is 0. The highest BCUT2D eigenvalue weighted by molar-refractivity contribution is 7.80. The number of carbonyl (C=O) groups is 3. The first kappa shape index (κ1) is 16.0. The van der Waals surface area contributed by atoms with E-state index in [1.165, 1.54) is 35.6 Å². The number of carboxylic acids is 1. The Balaban J connectivity index is 2.03. The van der Waals surface area contributed by atoms with E-state index in [-0.39, 0.29) is 21.9 Å². The van der Waals surface area contributed by atoms with Crippen LogP contribution >= 0.6 is 23.6 Å². The van der Waals surface area contributed by atoms with E-state index in [1.807, 2.05) is 5.38 Å². The smallest absolute Gasteiger partial charge is 0.335 e. The second kappa shape index (κ2) is 6.34. The number of hydrogen-bond acceptors (Lipinski definition) is 5. The van der Waals surface area contributed by atoms with E-state index < -0.39 is 17.8 Å². The molecule has 0 spiro atoms. The molecular weight excluding hydrogens is 348 g/mol. The molecule has 0 radical (unpaired) electrons. The third kappa shape index (κ3) is 2.97. The summed E-state index contributed by atoms with van der Waals surface area (Å²) in [7, 11) is 0. The van der Waals surface area contributed by atoms with Crippen LogP contribution in [-0.2, 0) is 9.59 Å². The number of hydrogen-bond donors (Lipinski definition) is 2. The number of anilines is 1. The Kier molecular flexibility index (Phi) is 4.24. The molecule has 1 aromatic carbocycles. The van der Waals surface area contributed by atoms with Gasteiger partial charge >= 0.3 is 5.97 Å². The SMILES string of the molecule is O=C1NC(=S)N(c2cccc(C(=O)O)c2)C(=O)C1=Cc1ccsc1. The molecule has 0 unspecified atom stereocenters. The number of nitrogens with one attached hydrogen (secondary N) is 1. The van der Waals surface area contributed by atoms with Gasteiger partial charge in [-0.3, -0.25) is 19.8 Å². The van der Waals surface area contributed by atoms with Gasteiger partial charge in [0.2, 0.25) is 0 Å². The molecule has 120 valence electrons. The zero-order chi connectivity index (χ0) is 17.3. The Hall–Kier alpha value is -2.84. The molecule has 0 bridgehead atoms. The molecule has 1 saturated heterocycles. The number of carbonyl (C=O) groups excluding carboxylic acids is 2. The molecule has 1 aliphatic heterocycles. The predicted octanol–water partition coefficient (Wildman–Crippen LogP) is 2.28. The molecule has 8 heteroatoms. The number of thiophene rings is 1. The molecule has 1 aliphatic rings. The maximum absolute atomic E-state index is 12.7. The van der Waals surface area contributed by atoms with Crippen LogP contribution in [0.25, 0.3) is 6.08 Å². The van der Waals surface area contributed by atoms with Gasteiger partial charge in [-0.1, -0.05) is 6.07 Å². The molecular formula is C16H10N2O4S2. The third-order valence-electron chi connectivity index (χ3n) is 3.31. The fraction of sp³-hybridized carbons (Fsp3) is 0. The van der Waals surface area contributed by atoms with Crippen molar-refractivity contribution in [2.75, 3.05) is 4.90 Å². The van der Waals surface area contributed by atoms with Crippen LogP contribution in [0.5, 0.6) is 0 Å². The Labute approximate surface area is 146 Å².